The third-order valence-corrected chi connectivity index (χ3v) is 10.1. The van der Waals surface area contributed by atoms with Gasteiger partial charge in [0.05, 0.1) is 18.0 Å². The molecule has 228 valence electrons. The van der Waals surface area contributed by atoms with Crippen LogP contribution in [0.15, 0.2) is 24.3 Å². The van der Waals surface area contributed by atoms with Gasteiger partial charge in [0.1, 0.15) is 0 Å². The Bertz CT molecular complexity index is 1120. The summed E-state index contributed by atoms with van der Waals surface area (Å²) in [5.74, 6) is -0.0887. The summed E-state index contributed by atoms with van der Waals surface area (Å²) >= 11 is 6.20. The van der Waals surface area contributed by atoms with E-state index in [1.165, 1.54) is 0 Å². The second-order valence-electron chi connectivity index (χ2n) is 15.7. The molecule has 0 N–H and O–H groups in total. The monoisotopic (exact) mass is 585 g/mol. The van der Waals surface area contributed by atoms with Gasteiger partial charge < -0.3 is 9.80 Å². The van der Waals surface area contributed by atoms with E-state index in [9.17, 15) is 14.4 Å². The highest BCUT2D eigenvalue weighted by molar-refractivity contribution is 6.30. The highest BCUT2D eigenvalue weighted by atomic mass is 35.5. The van der Waals surface area contributed by atoms with Gasteiger partial charge in [-0.1, -0.05) is 58.4 Å². The van der Waals surface area contributed by atoms with Crippen LogP contribution in [0.3, 0.4) is 0 Å². The van der Waals surface area contributed by atoms with Crippen LogP contribution in [-0.4, -0.2) is 75.6 Å². The van der Waals surface area contributed by atoms with Gasteiger partial charge in [0.2, 0.25) is 11.8 Å². The Morgan fingerprint density at radius 3 is 2.00 bits per heavy atom. The van der Waals surface area contributed by atoms with Crippen LogP contribution < -0.4 is 0 Å². The summed E-state index contributed by atoms with van der Waals surface area (Å²) in [6.07, 6.45) is 4.59. The molecule has 3 aliphatic rings. The third kappa shape index (κ3) is 7.01. The van der Waals surface area contributed by atoms with Crippen molar-refractivity contribution in [2.24, 2.45) is 16.7 Å². The number of amides is 2. The van der Waals surface area contributed by atoms with Gasteiger partial charge in [-0.3, -0.25) is 19.3 Å². The molecule has 0 unspecified atom stereocenters. The SMILES string of the molecule is CC(=O)[C@H]1C[C@H](N(C(=O)C(C)(C)C)C2CCC(C)(C)CC2)CN1C(=O)[C@@H]1CN(C(C)(C)C)C[C@H]1c1ccc(Cl)cc1. The van der Waals surface area contributed by atoms with Crippen LogP contribution in [0.25, 0.3) is 0 Å². The van der Waals surface area contributed by atoms with Crippen LogP contribution in [0.2, 0.25) is 5.02 Å². The fourth-order valence-corrected chi connectivity index (χ4v) is 7.31. The molecule has 1 aromatic rings. The summed E-state index contributed by atoms with van der Waals surface area (Å²) in [5.41, 5.74) is 0.765. The summed E-state index contributed by atoms with van der Waals surface area (Å²) in [4.78, 5) is 47.8. The Morgan fingerprint density at radius 1 is 0.902 bits per heavy atom. The highest BCUT2D eigenvalue weighted by Crippen LogP contribution is 2.42. The molecule has 1 aromatic carbocycles. The number of hydrogen-bond acceptors (Lipinski definition) is 4. The number of nitrogens with zero attached hydrogens (tertiary/aromatic N) is 3. The molecule has 0 spiro atoms. The summed E-state index contributed by atoms with van der Waals surface area (Å²) in [7, 11) is 0. The summed E-state index contributed by atoms with van der Waals surface area (Å²) < 4.78 is 0. The number of hydrogen-bond donors (Lipinski definition) is 0. The lowest BCUT2D eigenvalue weighted by Gasteiger charge is -2.45. The first kappa shape index (κ1) is 32.0. The molecule has 2 saturated heterocycles. The second kappa shape index (κ2) is 11.6. The maximum Gasteiger partial charge on any atom is 0.228 e. The van der Waals surface area contributed by atoms with E-state index in [1.54, 1.807) is 6.92 Å². The molecule has 1 saturated carbocycles. The first-order valence-electron chi connectivity index (χ1n) is 15.5. The third-order valence-electron chi connectivity index (χ3n) is 9.89. The number of Topliss-reactive ketones (excluding diaryl/α,β-unsaturated/α-hetero) is 1. The lowest BCUT2D eigenvalue weighted by molar-refractivity contribution is -0.147. The molecule has 0 aromatic heterocycles. The molecular weight excluding hydrogens is 534 g/mol. The molecule has 6 nitrogen and oxygen atoms in total. The first-order chi connectivity index (χ1) is 18.9. The van der Waals surface area contributed by atoms with Gasteiger partial charge in [-0.2, -0.15) is 0 Å². The highest BCUT2D eigenvalue weighted by Gasteiger charge is 2.50. The van der Waals surface area contributed by atoms with Crippen LogP contribution in [0.4, 0.5) is 0 Å². The van der Waals surface area contributed by atoms with Crippen molar-refractivity contribution in [2.45, 2.75) is 124 Å². The summed E-state index contributed by atoms with van der Waals surface area (Å²) in [5, 5.41) is 0.677. The number of benzene rings is 1. The number of likely N-dealkylation sites (tertiary alicyclic amines) is 2. The molecular formula is C34H52ClN3O3. The van der Waals surface area contributed by atoms with Crippen LogP contribution in [-0.2, 0) is 14.4 Å². The molecule has 2 heterocycles. The first-order valence-corrected chi connectivity index (χ1v) is 15.9. The molecule has 4 atom stereocenters. The van der Waals surface area contributed by atoms with E-state index in [4.69, 9.17) is 11.6 Å². The van der Waals surface area contributed by atoms with Crippen molar-refractivity contribution in [1.29, 1.82) is 0 Å². The predicted octanol–water partition coefficient (Wildman–Crippen LogP) is 6.56. The predicted molar refractivity (Wildman–Crippen MR) is 166 cm³/mol. The summed E-state index contributed by atoms with van der Waals surface area (Å²) in [6, 6.07) is 7.34. The van der Waals surface area contributed by atoms with E-state index in [1.807, 2.05) is 49.9 Å². The zero-order valence-electron chi connectivity index (χ0n) is 26.8. The topological polar surface area (TPSA) is 60.9 Å². The average molecular weight is 586 g/mol. The largest absolute Gasteiger partial charge is 0.334 e. The number of rotatable bonds is 5. The minimum absolute atomic E-state index is 0.00232. The van der Waals surface area contributed by atoms with Gasteiger partial charge in [-0.05, 0) is 82.9 Å². The van der Waals surface area contributed by atoms with Gasteiger partial charge in [0.15, 0.2) is 5.78 Å². The zero-order chi connectivity index (χ0) is 30.5. The van der Waals surface area contributed by atoms with E-state index in [0.29, 0.717) is 24.5 Å². The van der Waals surface area contributed by atoms with Crippen molar-refractivity contribution in [3.63, 3.8) is 0 Å². The van der Waals surface area contributed by atoms with Gasteiger partial charge in [-0.25, -0.2) is 0 Å². The maximum absolute atomic E-state index is 14.5. The number of carbonyl (C=O) groups excluding carboxylic acids is 3. The minimum atomic E-state index is -0.533. The van der Waals surface area contributed by atoms with E-state index < -0.39 is 11.5 Å². The molecule has 4 rings (SSSR count). The van der Waals surface area contributed by atoms with Crippen molar-refractivity contribution < 1.29 is 14.4 Å². The van der Waals surface area contributed by atoms with Crippen LogP contribution in [0.5, 0.6) is 0 Å². The number of halogens is 1. The fourth-order valence-electron chi connectivity index (χ4n) is 7.19. The quantitative estimate of drug-likeness (QED) is 0.393. The van der Waals surface area contributed by atoms with E-state index in [2.05, 4.69) is 44.4 Å². The molecule has 41 heavy (non-hydrogen) atoms. The smallest absolute Gasteiger partial charge is 0.228 e. The van der Waals surface area contributed by atoms with E-state index >= 15 is 0 Å². The lowest BCUT2D eigenvalue weighted by Crippen LogP contribution is -2.54. The fraction of sp³-hybridized carbons (Fsp3) is 0.735. The average Bonchev–Trinajstić information content (AvgIpc) is 3.50. The normalized spacial score (nSPS) is 27.7. The lowest BCUT2D eigenvalue weighted by atomic mass is 9.74. The van der Waals surface area contributed by atoms with Gasteiger partial charge in [-0.15, -0.1) is 0 Å². The number of ketones is 1. The van der Waals surface area contributed by atoms with Crippen LogP contribution in [0.1, 0.15) is 106 Å². The van der Waals surface area contributed by atoms with Crippen molar-refractivity contribution >= 4 is 29.2 Å². The maximum atomic E-state index is 14.5. The molecule has 2 aliphatic heterocycles. The van der Waals surface area contributed by atoms with Crippen molar-refractivity contribution in [3.05, 3.63) is 34.9 Å². The van der Waals surface area contributed by atoms with Crippen molar-refractivity contribution in [3.8, 4) is 0 Å². The van der Waals surface area contributed by atoms with Crippen molar-refractivity contribution in [1.82, 2.24) is 14.7 Å². The van der Waals surface area contributed by atoms with E-state index in [-0.39, 0.29) is 52.5 Å². The van der Waals surface area contributed by atoms with Crippen molar-refractivity contribution in [2.75, 3.05) is 19.6 Å². The summed E-state index contributed by atoms with van der Waals surface area (Å²) in [6.45, 7) is 20.5. The molecule has 2 amide bonds. The van der Waals surface area contributed by atoms with Gasteiger partial charge in [0.25, 0.3) is 0 Å². The van der Waals surface area contributed by atoms with Gasteiger partial charge in [0, 0.05) is 47.6 Å². The zero-order valence-corrected chi connectivity index (χ0v) is 27.6. The van der Waals surface area contributed by atoms with E-state index in [0.717, 1.165) is 37.8 Å². The minimum Gasteiger partial charge on any atom is -0.334 e. The Labute approximate surface area is 253 Å². The Morgan fingerprint density at radius 2 is 1.49 bits per heavy atom. The Kier molecular flexibility index (Phi) is 9.08. The molecule has 7 heteroatoms. The number of carbonyl (C=O) groups is 3. The standard InChI is InChI=1S/C34H52ClN3O3/c1-22(39)29-18-26(38(31(41)32(2,3)4)25-14-16-34(8,9)17-15-25)19-37(29)30(40)28-21-36(33(5,6)7)20-27(28)23-10-12-24(35)13-11-23/h10-13,25-29H,14-21H2,1-9H3/t26-,27-,28+,29+/m0/s1. The molecule has 1 aliphatic carbocycles. The Balaban J connectivity index is 1.64. The molecule has 0 radical (unpaired) electrons. The van der Waals surface area contributed by atoms with Crippen LogP contribution >= 0.6 is 11.6 Å². The molecule has 3 fully saturated rings. The Hall–Kier alpha value is -1.92. The van der Waals surface area contributed by atoms with Gasteiger partial charge >= 0.3 is 0 Å². The van der Waals surface area contributed by atoms with Crippen LogP contribution in [0, 0.1) is 16.7 Å². The molecule has 0 bridgehead atoms. The second-order valence-corrected chi connectivity index (χ2v) is 16.1.